The van der Waals surface area contributed by atoms with E-state index in [0.717, 1.165) is 0 Å². The number of pyridine rings is 1. The van der Waals surface area contributed by atoms with Crippen LogP contribution >= 0.6 is 0 Å². The fourth-order valence-electron chi connectivity index (χ4n) is 2.65. The summed E-state index contributed by atoms with van der Waals surface area (Å²) in [5, 5.41) is 13.8. The molecule has 3 rings (SSSR count). The maximum atomic E-state index is 12.9. The molecule has 0 bridgehead atoms. The Morgan fingerprint density at radius 3 is 2.28 bits per heavy atom. The first kappa shape index (κ1) is 19.8. The summed E-state index contributed by atoms with van der Waals surface area (Å²) in [5.74, 6) is -1.45. The van der Waals surface area contributed by atoms with Crippen molar-refractivity contribution in [3.8, 4) is 0 Å². The molecule has 7 heteroatoms. The number of nitrogens with one attached hydrogen (secondary N) is 1. The van der Waals surface area contributed by atoms with Crippen LogP contribution in [0.2, 0.25) is 0 Å². The minimum atomic E-state index is -1.22. The van der Waals surface area contributed by atoms with Crippen molar-refractivity contribution in [3.63, 3.8) is 0 Å². The maximum absolute atomic E-state index is 12.9. The molecular formula is C22H18N2O5. The van der Waals surface area contributed by atoms with Gasteiger partial charge in [-0.25, -0.2) is 4.79 Å². The van der Waals surface area contributed by atoms with Gasteiger partial charge in [0, 0.05) is 28.9 Å². The molecule has 29 heavy (non-hydrogen) atoms. The molecule has 1 heterocycles. The molecule has 1 N–H and O–H groups in total. The van der Waals surface area contributed by atoms with E-state index in [1.54, 1.807) is 54.6 Å². The zero-order valence-electron chi connectivity index (χ0n) is 15.6. The molecule has 0 aliphatic carbocycles. The van der Waals surface area contributed by atoms with Crippen LogP contribution in [0.1, 0.15) is 39.3 Å². The molecule has 146 valence electrons. The number of hydrogen-bond acceptors (Lipinski definition) is 5. The lowest BCUT2D eigenvalue weighted by Crippen LogP contribution is -2.27. The van der Waals surface area contributed by atoms with Crippen LogP contribution in [0.5, 0.6) is 0 Å². The van der Waals surface area contributed by atoms with Gasteiger partial charge >= 0.3 is 5.97 Å². The number of carbonyl (C=O) groups excluding carboxylic acids is 3. The number of esters is 1. The molecule has 0 spiro atoms. The highest BCUT2D eigenvalue weighted by Gasteiger charge is 2.26. The Morgan fingerprint density at radius 2 is 1.62 bits per heavy atom. The standard InChI is InChI=1S/C22H18N2O5/c1-15(25)18-8-5-9-19(14-18)23-21(26)20(16-6-3-2-4-7-16)29-22(27)17-10-12-24(28)13-11-17/h2-14,20H,1H3,(H,23,26)/t20-/m1/s1. The number of nitrogens with zero attached hydrogens (tertiary/aromatic N) is 1. The lowest BCUT2D eigenvalue weighted by Gasteiger charge is -2.18. The zero-order valence-corrected chi connectivity index (χ0v) is 15.6. The second-order valence-corrected chi connectivity index (χ2v) is 6.27. The Balaban J connectivity index is 1.84. The summed E-state index contributed by atoms with van der Waals surface area (Å²) in [6.07, 6.45) is 1.12. The molecule has 0 fully saturated rings. The first-order valence-corrected chi connectivity index (χ1v) is 8.80. The fraction of sp³-hybridized carbons (Fsp3) is 0.0909. The van der Waals surface area contributed by atoms with Gasteiger partial charge in [-0.2, -0.15) is 4.73 Å². The Morgan fingerprint density at radius 1 is 0.931 bits per heavy atom. The molecule has 2 aromatic carbocycles. The van der Waals surface area contributed by atoms with E-state index in [2.05, 4.69) is 5.32 Å². The van der Waals surface area contributed by atoms with Crippen molar-refractivity contribution in [2.45, 2.75) is 13.0 Å². The van der Waals surface area contributed by atoms with E-state index < -0.39 is 18.0 Å². The predicted molar refractivity (Wildman–Crippen MR) is 105 cm³/mol. The van der Waals surface area contributed by atoms with E-state index in [1.807, 2.05) is 0 Å². The average Bonchev–Trinajstić information content (AvgIpc) is 2.73. The first-order valence-electron chi connectivity index (χ1n) is 8.80. The molecule has 1 amide bonds. The largest absolute Gasteiger partial charge is 0.619 e. The molecule has 0 radical (unpaired) electrons. The number of aromatic nitrogens is 1. The van der Waals surface area contributed by atoms with Crippen LogP contribution in [0.4, 0.5) is 5.69 Å². The van der Waals surface area contributed by atoms with E-state index >= 15 is 0 Å². The molecule has 0 aliphatic heterocycles. The van der Waals surface area contributed by atoms with Crippen LogP contribution in [0.3, 0.4) is 0 Å². The monoisotopic (exact) mass is 390 g/mol. The number of carbonyl (C=O) groups is 3. The van der Waals surface area contributed by atoms with Gasteiger partial charge in [-0.15, -0.1) is 0 Å². The van der Waals surface area contributed by atoms with Gasteiger partial charge in [0.2, 0.25) is 6.10 Å². The summed E-state index contributed by atoms with van der Waals surface area (Å²) >= 11 is 0. The lowest BCUT2D eigenvalue weighted by atomic mass is 10.1. The molecule has 0 saturated carbocycles. The van der Waals surface area contributed by atoms with Crippen molar-refractivity contribution < 1.29 is 23.9 Å². The summed E-state index contributed by atoms with van der Waals surface area (Å²) in [7, 11) is 0. The summed E-state index contributed by atoms with van der Waals surface area (Å²) in [5.41, 5.74) is 1.48. The van der Waals surface area contributed by atoms with E-state index in [1.165, 1.54) is 31.5 Å². The smallest absolute Gasteiger partial charge is 0.339 e. The van der Waals surface area contributed by atoms with Gasteiger partial charge in [-0.3, -0.25) is 9.59 Å². The van der Waals surface area contributed by atoms with Gasteiger partial charge in [0.1, 0.15) is 0 Å². The molecular weight excluding hydrogens is 372 g/mol. The van der Waals surface area contributed by atoms with E-state index in [4.69, 9.17) is 4.74 Å². The Kier molecular flexibility index (Phi) is 5.99. The minimum Gasteiger partial charge on any atom is -0.619 e. The molecule has 7 nitrogen and oxygen atoms in total. The number of anilines is 1. The molecule has 1 atom stereocenters. The van der Waals surface area contributed by atoms with E-state index in [0.29, 0.717) is 21.5 Å². The van der Waals surface area contributed by atoms with Crippen molar-refractivity contribution in [1.29, 1.82) is 0 Å². The quantitative estimate of drug-likeness (QED) is 0.302. The first-order chi connectivity index (χ1) is 13.9. The summed E-state index contributed by atoms with van der Waals surface area (Å²) in [6, 6.07) is 17.7. The number of benzene rings is 2. The second kappa shape index (κ2) is 8.79. The Labute approximate surface area is 167 Å². The molecule has 3 aromatic rings. The van der Waals surface area contributed by atoms with Crippen LogP contribution in [0.25, 0.3) is 0 Å². The van der Waals surface area contributed by atoms with Crippen molar-refractivity contribution in [2.75, 3.05) is 5.32 Å². The third-order valence-electron chi connectivity index (χ3n) is 4.14. The average molecular weight is 390 g/mol. The predicted octanol–water partition coefficient (Wildman–Crippen LogP) is 3.06. The number of ether oxygens (including phenoxy) is 1. The summed E-state index contributed by atoms with van der Waals surface area (Å²) in [6.45, 7) is 1.43. The van der Waals surface area contributed by atoms with E-state index in [9.17, 15) is 19.6 Å². The SMILES string of the molecule is CC(=O)c1cccc(NC(=O)[C@H](OC(=O)c2cc[n+]([O-])cc2)c2ccccc2)c1. The van der Waals surface area contributed by atoms with Crippen LogP contribution < -0.4 is 10.0 Å². The zero-order chi connectivity index (χ0) is 20.8. The lowest BCUT2D eigenvalue weighted by molar-refractivity contribution is -0.605. The van der Waals surface area contributed by atoms with Crippen molar-refractivity contribution in [2.24, 2.45) is 0 Å². The van der Waals surface area contributed by atoms with Crippen molar-refractivity contribution in [1.82, 2.24) is 0 Å². The normalized spacial score (nSPS) is 11.3. The third-order valence-corrected chi connectivity index (χ3v) is 4.14. The molecule has 0 aliphatic rings. The van der Waals surface area contributed by atoms with Gasteiger partial charge in [0.15, 0.2) is 18.2 Å². The summed E-state index contributed by atoms with van der Waals surface area (Å²) in [4.78, 5) is 36.9. The number of rotatable bonds is 6. The number of Topliss-reactive ketones (excluding diaryl/α,β-unsaturated/α-hetero) is 1. The minimum absolute atomic E-state index is 0.133. The van der Waals surface area contributed by atoms with Crippen LogP contribution in [-0.4, -0.2) is 17.7 Å². The van der Waals surface area contributed by atoms with Crippen LogP contribution in [0.15, 0.2) is 79.1 Å². The number of amides is 1. The maximum Gasteiger partial charge on any atom is 0.339 e. The van der Waals surface area contributed by atoms with Crippen molar-refractivity contribution >= 4 is 23.3 Å². The van der Waals surface area contributed by atoms with E-state index in [-0.39, 0.29) is 11.3 Å². The summed E-state index contributed by atoms with van der Waals surface area (Å²) < 4.78 is 5.99. The number of ketones is 1. The van der Waals surface area contributed by atoms with Gasteiger partial charge in [0.25, 0.3) is 5.91 Å². The van der Waals surface area contributed by atoms with Gasteiger partial charge in [-0.1, -0.05) is 42.5 Å². The fourth-order valence-corrected chi connectivity index (χ4v) is 2.65. The topological polar surface area (TPSA) is 99.4 Å². The van der Waals surface area contributed by atoms with Crippen molar-refractivity contribution in [3.05, 3.63) is 101 Å². The molecule has 0 unspecified atom stereocenters. The third kappa shape index (κ3) is 5.04. The van der Waals surface area contributed by atoms with Crippen LogP contribution in [-0.2, 0) is 9.53 Å². The highest BCUT2D eigenvalue weighted by atomic mass is 16.5. The Bertz CT molecular complexity index is 1030. The second-order valence-electron chi connectivity index (χ2n) is 6.27. The van der Waals surface area contributed by atoms with Gasteiger partial charge in [0.05, 0.1) is 5.56 Å². The highest BCUT2D eigenvalue weighted by Crippen LogP contribution is 2.22. The van der Waals surface area contributed by atoms with Gasteiger partial charge < -0.3 is 15.3 Å². The highest BCUT2D eigenvalue weighted by molar-refractivity contribution is 6.00. The number of hydrogen-bond donors (Lipinski definition) is 1. The molecule has 1 aromatic heterocycles. The van der Waals surface area contributed by atoms with Gasteiger partial charge in [-0.05, 0) is 19.1 Å². The molecule has 0 saturated heterocycles. The van der Waals surface area contributed by atoms with Crippen LogP contribution in [0, 0.1) is 5.21 Å². The Hall–Kier alpha value is -4.00.